The molecule has 4 aliphatic heterocycles. The van der Waals surface area contributed by atoms with Gasteiger partial charge in [0.05, 0.1) is 25.8 Å². The van der Waals surface area contributed by atoms with E-state index in [1.54, 1.807) is 0 Å². The van der Waals surface area contributed by atoms with Crippen molar-refractivity contribution in [1.82, 2.24) is 19.6 Å². The molecule has 29 heavy (non-hydrogen) atoms. The number of rotatable bonds is 3. The second-order valence-corrected chi connectivity index (χ2v) is 9.64. The topological polar surface area (TPSA) is 56.3 Å². The summed E-state index contributed by atoms with van der Waals surface area (Å²) < 4.78 is 5.40. The first-order valence-corrected chi connectivity index (χ1v) is 11.6. The number of hydrogen-bond donors (Lipinski definition) is 0. The van der Waals surface area contributed by atoms with Crippen molar-refractivity contribution in [3.05, 3.63) is 0 Å². The fourth-order valence-corrected chi connectivity index (χ4v) is 5.72. The van der Waals surface area contributed by atoms with E-state index in [-0.39, 0.29) is 17.4 Å². The summed E-state index contributed by atoms with van der Waals surface area (Å²) in [6.45, 7) is 8.14. The molecule has 0 aliphatic carbocycles. The average Bonchev–Trinajstić information content (AvgIpc) is 2.90. The van der Waals surface area contributed by atoms with Crippen LogP contribution in [0.25, 0.3) is 0 Å². The maximum absolute atomic E-state index is 13.0. The van der Waals surface area contributed by atoms with E-state index in [1.165, 1.54) is 25.7 Å². The molecule has 0 radical (unpaired) electrons. The highest BCUT2D eigenvalue weighted by atomic mass is 16.5. The van der Waals surface area contributed by atoms with Crippen molar-refractivity contribution >= 4 is 11.8 Å². The highest BCUT2D eigenvalue weighted by molar-refractivity contribution is 5.82. The fourth-order valence-electron chi connectivity index (χ4n) is 5.72. The van der Waals surface area contributed by atoms with E-state index < -0.39 is 0 Å². The van der Waals surface area contributed by atoms with Gasteiger partial charge in [-0.2, -0.15) is 0 Å². The van der Waals surface area contributed by atoms with Crippen LogP contribution >= 0.6 is 0 Å². The van der Waals surface area contributed by atoms with Crippen molar-refractivity contribution in [2.24, 2.45) is 5.41 Å². The largest absolute Gasteiger partial charge is 0.378 e. The molecule has 0 saturated carbocycles. The van der Waals surface area contributed by atoms with Crippen molar-refractivity contribution < 1.29 is 14.3 Å². The predicted molar refractivity (Wildman–Crippen MR) is 112 cm³/mol. The molecule has 4 saturated heterocycles. The van der Waals surface area contributed by atoms with Gasteiger partial charge in [0.2, 0.25) is 11.8 Å². The Hall–Kier alpha value is -1.18. The number of amides is 2. The molecule has 4 aliphatic rings. The summed E-state index contributed by atoms with van der Waals surface area (Å²) >= 11 is 0. The Balaban J connectivity index is 1.28. The summed E-state index contributed by atoms with van der Waals surface area (Å²) in [5.41, 5.74) is 0.195. The van der Waals surface area contributed by atoms with Gasteiger partial charge < -0.3 is 14.5 Å². The molecule has 4 fully saturated rings. The molecule has 0 aromatic rings. The van der Waals surface area contributed by atoms with Crippen LogP contribution in [0.3, 0.4) is 0 Å². The number of likely N-dealkylation sites (tertiary alicyclic amines) is 3. The lowest BCUT2D eigenvalue weighted by Gasteiger charge is -2.40. The number of likely N-dealkylation sites (N-methyl/N-ethyl adjacent to an activating group) is 1. The van der Waals surface area contributed by atoms with Crippen LogP contribution in [0.4, 0.5) is 0 Å². The van der Waals surface area contributed by atoms with Gasteiger partial charge in [0, 0.05) is 32.7 Å². The highest BCUT2D eigenvalue weighted by Crippen LogP contribution is 2.43. The van der Waals surface area contributed by atoms with E-state index in [0.29, 0.717) is 25.7 Å². The zero-order chi connectivity index (χ0) is 20.3. The molecule has 1 unspecified atom stereocenters. The third-order valence-corrected chi connectivity index (χ3v) is 7.59. The molecular formula is C22H38N4O3. The summed E-state index contributed by atoms with van der Waals surface area (Å²) in [6.07, 6.45) is 8.03. The highest BCUT2D eigenvalue weighted by Gasteiger charge is 2.48. The van der Waals surface area contributed by atoms with Crippen LogP contribution in [0.2, 0.25) is 0 Å². The van der Waals surface area contributed by atoms with Crippen molar-refractivity contribution in [1.29, 1.82) is 0 Å². The Kier molecular flexibility index (Phi) is 6.76. The normalized spacial score (nSPS) is 29.2. The Labute approximate surface area is 175 Å². The maximum atomic E-state index is 13.0. The van der Waals surface area contributed by atoms with E-state index in [1.807, 2.05) is 4.90 Å². The molecule has 1 spiro atoms. The number of hydrogen-bond acceptors (Lipinski definition) is 5. The Morgan fingerprint density at radius 3 is 2.21 bits per heavy atom. The molecular weight excluding hydrogens is 368 g/mol. The number of ether oxygens (including phenoxy) is 1. The van der Waals surface area contributed by atoms with Gasteiger partial charge in [-0.15, -0.1) is 0 Å². The third-order valence-electron chi connectivity index (χ3n) is 7.59. The molecule has 0 N–H and O–H groups in total. The summed E-state index contributed by atoms with van der Waals surface area (Å²) in [7, 11) is 2.09. The van der Waals surface area contributed by atoms with Gasteiger partial charge in [-0.05, 0) is 57.7 Å². The summed E-state index contributed by atoms with van der Waals surface area (Å²) in [5, 5.41) is 0. The van der Waals surface area contributed by atoms with E-state index in [9.17, 15) is 9.59 Å². The number of morpholine rings is 1. The monoisotopic (exact) mass is 406 g/mol. The van der Waals surface area contributed by atoms with E-state index in [4.69, 9.17) is 4.74 Å². The Morgan fingerprint density at radius 2 is 1.55 bits per heavy atom. The van der Waals surface area contributed by atoms with Gasteiger partial charge in [0.15, 0.2) is 0 Å². The van der Waals surface area contributed by atoms with Crippen molar-refractivity contribution in [3.63, 3.8) is 0 Å². The average molecular weight is 407 g/mol. The first-order chi connectivity index (χ1) is 14.1. The van der Waals surface area contributed by atoms with Gasteiger partial charge in [0.1, 0.15) is 0 Å². The maximum Gasteiger partial charge on any atom is 0.240 e. The minimum absolute atomic E-state index is 0.00699. The molecule has 0 aromatic carbocycles. The predicted octanol–water partition coefficient (Wildman–Crippen LogP) is 1.03. The van der Waals surface area contributed by atoms with E-state index in [2.05, 4.69) is 21.7 Å². The summed E-state index contributed by atoms with van der Waals surface area (Å²) in [5.74, 6) is 0.571. The number of carbonyl (C=O) groups excluding carboxylic acids is 2. The second-order valence-electron chi connectivity index (χ2n) is 9.64. The molecule has 7 heteroatoms. The number of nitrogens with zero attached hydrogens (tertiary/aromatic N) is 4. The quantitative estimate of drug-likeness (QED) is 0.701. The zero-order valence-electron chi connectivity index (χ0n) is 18.1. The summed E-state index contributed by atoms with van der Waals surface area (Å²) in [4.78, 5) is 34.5. The van der Waals surface area contributed by atoms with Crippen molar-refractivity contribution in [3.8, 4) is 0 Å². The molecule has 4 heterocycles. The summed E-state index contributed by atoms with van der Waals surface area (Å²) in [6, 6.07) is -0.00699. The number of piperidine rings is 1. The smallest absolute Gasteiger partial charge is 0.240 e. The minimum Gasteiger partial charge on any atom is -0.378 e. The standard InChI is InChI=1S/C22H38N4O3/c1-23-18-22(16-19(23)21(28)26-12-14-29-15-13-26)6-10-25(11-7-22)20(27)17-24-8-4-2-3-5-9-24/h19H,2-18H2,1H3. The lowest BCUT2D eigenvalue weighted by atomic mass is 9.76. The van der Waals surface area contributed by atoms with Crippen LogP contribution in [0.1, 0.15) is 44.9 Å². The SMILES string of the molecule is CN1CC2(CCN(C(=O)CN3CCCCCC3)CC2)CC1C(=O)N1CCOCC1. The van der Waals surface area contributed by atoms with E-state index in [0.717, 1.165) is 65.1 Å². The van der Waals surface area contributed by atoms with E-state index >= 15 is 0 Å². The molecule has 164 valence electrons. The van der Waals surface area contributed by atoms with Gasteiger partial charge in [-0.25, -0.2) is 0 Å². The van der Waals surface area contributed by atoms with Crippen molar-refractivity contribution in [2.45, 2.75) is 51.0 Å². The first-order valence-electron chi connectivity index (χ1n) is 11.6. The molecule has 4 rings (SSSR count). The van der Waals surface area contributed by atoms with Crippen LogP contribution in [0.15, 0.2) is 0 Å². The van der Waals surface area contributed by atoms with Crippen LogP contribution in [0, 0.1) is 5.41 Å². The lowest BCUT2D eigenvalue weighted by molar-refractivity contribution is -0.140. The molecule has 7 nitrogen and oxygen atoms in total. The third kappa shape index (κ3) is 4.94. The van der Waals surface area contributed by atoms with Gasteiger partial charge >= 0.3 is 0 Å². The van der Waals surface area contributed by atoms with Gasteiger partial charge in [-0.1, -0.05) is 12.8 Å². The first kappa shape index (κ1) is 21.1. The molecule has 2 amide bonds. The van der Waals surface area contributed by atoms with Crippen LogP contribution in [-0.4, -0.2) is 110 Å². The molecule has 1 atom stereocenters. The fraction of sp³-hybridized carbons (Fsp3) is 0.909. The van der Waals surface area contributed by atoms with Crippen LogP contribution in [-0.2, 0) is 14.3 Å². The van der Waals surface area contributed by atoms with Crippen molar-refractivity contribution in [2.75, 3.05) is 72.6 Å². The molecule has 0 bridgehead atoms. The zero-order valence-corrected chi connectivity index (χ0v) is 18.1. The number of carbonyl (C=O) groups is 2. The molecule has 0 aromatic heterocycles. The minimum atomic E-state index is -0.00699. The Morgan fingerprint density at radius 1 is 0.897 bits per heavy atom. The Bertz CT molecular complexity index is 577. The van der Waals surface area contributed by atoms with Crippen LogP contribution < -0.4 is 0 Å². The van der Waals surface area contributed by atoms with Gasteiger partial charge in [0.25, 0.3) is 0 Å². The van der Waals surface area contributed by atoms with Crippen LogP contribution in [0.5, 0.6) is 0 Å². The van der Waals surface area contributed by atoms with Gasteiger partial charge in [-0.3, -0.25) is 19.4 Å². The lowest BCUT2D eigenvalue weighted by Crippen LogP contribution is -2.48. The second kappa shape index (κ2) is 9.31.